The zero-order valence-corrected chi connectivity index (χ0v) is 13.6. The summed E-state index contributed by atoms with van der Waals surface area (Å²) in [6, 6.07) is 3.84. The number of likely N-dealkylation sites (tertiary alicyclic amines) is 1. The lowest BCUT2D eigenvalue weighted by Crippen LogP contribution is -2.40. The van der Waals surface area contributed by atoms with Gasteiger partial charge in [-0.05, 0) is 36.1 Å². The molecule has 1 saturated heterocycles. The Bertz CT molecular complexity index is 618. The Hall–Kier alpha value is -1.60. The minimum atomic E-state index is -4.35. The molecule has 2 heterocycles. The molecule has 1 unspecified atom stereocenters. The molecular weight excluding hydrogens is 321 g/mol. The van der Waals surface area contributed by atoms with Gasteiger partial charge in [-0.2, -0.15) is 13.2 Å². The summed E-state index contributed by atoms with van der Waals surface area (Å²) >= 11 is 0. The number of hydrogen-bond acceptors (Lipinski definition) is 3. The van der Waals surface area contributed by atoms with Crippen LogP contribution in [-0.4, -0.2) is 49.2 Å². The molecular formula is C17H21F3N2O2. The summed E-state index contributed by atoms with van der Waals surface area (Å²) in [5.41, 5.74) is 0.860. The zero-order valence-electron chi connectivity index (χ0n) is 13.6. The quantitative estimate of drug-likeness (QED) is 0.846. The second kappa shape index (κ2) is 6.72. The van der Waals surface area contributed by atoms with Gasteiger partial charge in [-0.3, -0.25) is 9.69 Å². The van der Waals surface area contributed by atoms with Crippen LogP contribution in [0, 0.1) is 5.92 Å². The van der Waals surface area contributed by atoms with Crippen LogP contribution in [0.15, 0.2) is 18.2 Å². The summed E-state index contributed by atoms with van der Waals surface area (Å²) in [7, 11) is 1.62. The molecule has 4 nitrogen and oxygen atoms in total. The predicted molar refractivity (Wildman–Crippen MR) is 82.1 cm³/mol. The van der Waals surface area contributed by atoms with Crippen LogP contribution in [0.25, 0.3) is 0 Å². The van der Waals surface area contributed by atoms with Crippen LogP contribution >= 0.6 is 0 Å². The lowest BCUT2D eigenvalue weighted by molar-refractivity contribution is -0.137. The maximum Gasteiger partial charge on any atom is 0.416 e. The first-order chi connectivity index (χ1) is 11.4. The highest BCUT2D eigenvalue weighted by atomic mass is 19.4. The zero-order chi connectivity index (χ0) is 17.3. The molecule has 1 amide bonds. The summed E-state index contributed by atoms with van der Waals surface area (Å²) in [6.07, 6.45) is -2.98. The number of ether oxygens (including phenoxy) is 1. The van der Waals surface area contributed by atoms with E-state index in [1.807, 2.05) is 0 Å². The van der Waals surface area contributed by atoms with Crippen LogP contribution in [0.5, 0.6) is 0 Å². The van der Waals surface area contributed by atoms with Gasteiger partial charge in [0.25, 0.3) is 0 Å². The maximum atomic E-state index is 12.9. The van der Waals surface area contributed by atoms with Crippen molar-refractivity contribution in [3.63, 3.8) is 0 Å². The second-order valence-electron chi connectivity index (χ2n) is 6.47. The van der Waals surface area contributed by atoms with Gasteiger partial charge in [-0.25, -0.2) is 0 Å². The number of amides is 1. The van der Waals surface area contributed by atoms with Crippen LogP contribution in [0.1, 0.15) is 23.1 Å². The van der Waals surface area contributed by atoms with Gasteiger partial charge in [0, 0.05) is 33.3 Å². The van der Waals surface area contributed by atoms with E-state index in [1.165, 1.54) is 12.1 Å². The summed E-state index contributed by atoms with van der Waals surface area (Å²) in [4.78, 5) is 16.4. The first-order valence-electron chi connectivity index (χ1n) is 8.07. The molecule has 1 atom stereocenters. The van der Waals surface area contributed by atoms with E-state index in [1.54, 1.807) is 12.0 Å². The first-order valence-corrected chi connectivity index (χ1v) is 8.07. The van der Waals surface area contributed by atoms with Crippen molar-refractivity contribution < 1.29 is 22.7 Å². The van der Waals surface area contributed by atoms with Crippen molar-refractivity contribution in [2.45, 2.75) is 25.6 Å². The highest BCUT2D eigenvalue weighted by Crippen LogP contribution is 2.32. The molecule has 24 heavy (non-hydrogen) atoms. The normalized spacial score (nSPS) is 21.8. The van der Waals surface area contributed by atoms with Crippen molar-refractivity contribution in [1.29, 1.82) is 0 Å². The minimum Gasteiger partial charge on any atom is -0.369 e. The molecule has 132 valence electrons. The van der Waals surface area contributed by atoms with Crippen LogP contribution in [0.3, 0.4) is 0 Å². The fraction of sp³-hybridized carbons (Fsp3) is 0.588. The molecule has 1 aromatic rings. The lowest BCUT2D eigenvalue weighted by Gasteiger charge is -2.31. The molecule has 1 fully saturated rings. The Morgan fingerprint density at radius 2 is 2.08 bits per heavy atom. The number of methoxy groups -OCH3 is 1. The van der Waals surface area contributed by atoms with Gasteiger partial charge in [0.2, 0.25) is 5.91 Å². The molecule has 2 aliphatic heterocycles. The Labute approximate surface area is 139 Å². The van der Waals surface area contributed by atoms with Crippen LogP contribution in [0.2, 0.25) is 0 Å². The van der Waals surface area contributed by atoms with Gasteiger partial charge in [0.1, 0.15) is 0 Å². The fourth-order valence-corrected chi connectivity index (χ4v) is 3.51. The number of benzene rings is 1. The van der Waals surface area contributed by atoms with E-state index in [9.17, 15) is 18.0 Å². The second-order valence-corrected chi connectivity index (χ2v) is 6.47. The Morgan fingerprint density at radius 3 is 2.79 bits per heavy atom. The number of halogens is 3. The first kappa shape index (κ1) is 17.2. The van der Waals surface area contributed by atoms with Crippen molar-refractivity contribution in [2.75, 3.05) is 33.5 Å². The molecule has 3 rings (SSSR count). The molecule has 0 bridgehead atoms. The SMILES string of the molecule is COCN1CCC(C(=O)N2CCc3ccc(C(F)(F)F)cc3C2)C1. The van der Waals surface area contributed by atoms with Crippen molar-refractivity contribution in [3.05, 3.63) is 34.9 Å². The summed E-state index contributed by atoms with van der Waals surface area (Å²) in [6.45, 7) is 2.80. The third-order valence-corrected chi connectivity index (χ3v) is 4.79. The number of fused-ring (bicyclic) bond motifs is 1. The smallest absolute Gasteiger partial charge is 0.369 e. The largest absolute Gasteiger partial charge is 0.416 e. The van der Waals surface area contributed by atoms with Gasteiger partial charge in [-0.15, -0.1) is 0 Å². The third kappa shape index (κ3) is 3.57. The number of hydrogen-bond donors (Lipinski definition) is 0. The lowest BCUT2D eigenvalue weighted by atomic mass is 9.96. The van der Waals surface area contributed by atoms with E-state index in [2.05, 4.69) is 4.90 Å². The van der Waals surface area contributed by atoms with E-state index in [4.69, 9.17) is 4.74 Å². The molecule has 0 aliphatic carbocycles. The van der Waals surface area contributed by atoms with Gasteiger partial charge < -0.3 is 9.64 Å². The Balaban J connectivity index is 1.69. The van der Waals surface area contributed by atoms with E-state index in [0.29, 0.717) is 31.8 Å². The van der Waals surface area contributed by atoms with Crippen LogP contribution in [0.4, 0.5) is 13.2 Å². The topological polar surface area (TPSA) is 32.8 Å². The van der Waals surface area contributed by atoms with E-state index in [0.717, 1.165) is 24.6 Å². The molecule has 0 saturated carbocycles. The minimum absolute atomic E-state index is 0.0386. The number of nitrogens with zero attached hydrogens (tertiary/aromatic N) is 2. The number of carbonyl (C=O) groups is 1. The van der Waals surface area contributed by atoms with Gasteiger partial charge >= 0.3 is 6.18 Å². The van der Waals surface area contributed by atoms with Crippen molar-refractivity contribution in [3.8, 4) is 0 Å². The van der Waals surface area contributed by atoms with Crippen LogP contribution in [-0.2, 0) is 28.7 Å². The number of carbonyl (C=O) groups excluding carboxylic acids is 1. The van der Waals surface area contributed by atoms with Gasteiger partial charge in [0.15, 0.2) is 0 Å². The van der Waals surface area contributed by atoms with E-state index in [-0.39, 0.29) is 18.4 Å². The molecule has 7 heteroatoms. The molecule has 0 N–H and O–H groups in total. The molecule has 1 aromatic carbocycles. The molecule has 0 radical (unpaired) electrons. The van der Waals surface area contributed by atoms with Crippen LogP contribution < -0.4 is 0 Å². The molecule has 0 aromatic heterocycles. The maximum absolute atomic E-state index is 12.9. The average molecular weight is 342 g/mol. The molecule has 0 spiro atoms. The summed E-state index contributed by atoms with van der Waals surface area (Å²) < 4.78 is 43.7. The Morgan fingerprint density at radius 1 is 1.29 bits per heavy atom. The van der Waals surface area contributed by atoms with Crippen molar-refractivity contribution in [2.24, 2.45) is 5.92 Å². The fourth-order valence-electron chi connectivity index (χ4n) is 3.51. The van der Waals surface area contributed by atoms with Gasteiger partial charge in [-0.1, -0.05) is 6.07 Å². The predicted octanol–water partition coefficient (Wildman–Crippen LogP) is 2.52. The summed E-state index contributed by atoms with van der Waals surface area (Å²) in [5, 5.41) is 0. The van der Waals surface area contributed by atoms with E-state index < -0.39 is 11.7 Å². The number of alkyl halides is 3. The monoisotopic (exact) mass is 342 g/mol. The highest BCUT2D eigenvalue weighted by Gasteiger charge is 2.34. The average Bonchev–Trinajstić information content (AvgIpc) is 3.01. The van der Waals surface area contributed by atoms with Crippen molar-refractivity contribution in [1.82, 2.24) is 9.80 Å². The summed E-state index contributed by atoms with van der Waals surface area (Å²) in [5.74, 6) is -0.0517. The van der Waals surface area contributed by atoms with E-state index >= 15 is 0 Å². The standard InChI is InChI=1S/C17H21F3N2O2/c1-24-11-21-6-4-13(9-21)16(23)22-7-5-12-2-3-15(17(18,19)20)8-14(12)10-22/h2-3,8,13H,4-7,9-11H2,1H3. The molecule has 2 aliphatic rings. The van der Waals surface area contributed by atoms with Gasteiger partial charge in [0.05, 0.1) is 18.2 Å². The Kier molecular flexibility index (Phi) is 4.83. The highest BCUT2D eigenvalue weighted by molar-refractivity contribution is 5.79. The third-order valence-electron chi connectivity index (χ3n) is 4.79. The number of rotatable bonds is 3. The van der Waals surface area contributed by atoms with Crippen molar-refractivity contribution >= 4 is 5.91 Å².